The third-order valence-corrected chi connectivity index (χ3v) is 5.73. The van der Waals surface area contributed by atoms with Gasteiger partial charge in [-0.15, -0.1) is 0 Å². The molecule has 5 aromatic rings. The highest BCUT2D eigenvalue weighted by Gasteiger charge is 2.17. The first-order chi connectivity index (χ1) is 16.6. The highest BCUT2D eigenvalue weighted by atomic mass is 79.9. The number of hydrogen-bond donors (Lipinski definition) is 0. The van der Waals surface area contributed by atoms with E-state index in [1.807, 2.05) is 55.5 Å². The lowest BCUT2D eigenvalue weighted by atomic mass is 10.2. The minimum Gasteiger partial charge on any atom is -0.493 e. The molecule has 5 rings (SSSR count). The molecule has 2 aromatic heterocycles. The standard InChI is InChI=1S/C26H20BrN3O4/c1-3-33-24-17(12-18(27)14-22(24)32-2)15-28-30-25(23-13-16-8-4-7-11-21(16)34-23)29-20-10-6-5-9-19(20)26(30)31/h4-15H,3H2,1-2H3. The van der Waals surface area contributed by atoms with Gasteiger partial charge >= 0.3 is 0 Å². The Bertz CT molecular complexity index is 1570. The first-order valence-electron chi connectivity index (χ1n) is 10.6. The van der Waals surface area contributed by atoms with Crippen LogP contribution in [-0.4, -0.2) is 29.6 Å². The molecule has 2 heterocycles. The van der Waals surface area contributed by atoms with E-state index in [1.54, 1.807) is 31.5 Å². The maximum absolute atomic E-state index is 13.5. The summed E-state index contributed by atoms with van der Waals surface area (Å²) < 4.78 is 19.3. The van der Waals surface area contributed by atoms with Gasteiger partial charge in [0.1, 0.15) is 5.58 Å². The fourth-order valence-electron chi connectivity index (χ4n) is 3.74. The van der Waals surface area contributed by atoms with Crippen LogP contribution < -0.4 is 15.0 Å². The van der Waals surface area contributed by atoms with E-state index in [1.165, 1.54) is 4.68 Å². The van der Waals surface area contributed by atoms with E-state index >= 15 is 0 Å². The van der Waals surface area contributed by atoms with Crippen LogP contribution in [-0.2, 0) is 0 Å². The molecule has 0 aliphatic heterocycles. The summed E-state index contributed by atoms with van der Waals surface area (Å²) in [6.45, 7) is 2.33. The lowest BCUT2D eigenvalue weighted by Crippen LogP contribution is -2.20. The SMILES string of the molecule is CCOc1c(C=Nn2c(-c3cc4ccccc4o3)nc3ccccc3c2=O)cc(Br)cc1OC. The van der Waals surface area contributed by atoms with E-state index in [-0.39, 0.29) is 5.56 Å². The van der Waals surface area contributed by atoms with E-state index < -0.39 is 0 Å². The molecule has 0 bridgehead atoms. The molecule has 34 heavy (non-hydrogen) atoms. The maximum atomic E-state index is 13.5. The largest absolute Gasteiger partial charge is 0.493 e. The Kier molecular flexibility index (Phi) is 5.90. The number of furan rings is 1. The number of rotatable bonds is 6. The molecule has 0 N–H and O–H groups in total. The summed E-state index contributed by atoms with van der Waals surface area (Å²) in [4.78, 5) is 18.2. The smallest absolute Gasteiger partial charge is 0.282 e. The maximum Gasteiger partial charge on any atom is 0.282 e. The van der Waals surface area contributed by atoms with E-state index in [4.69, 9.17) is 18.9 Å². The zero-order chi connectivity index (χ0) is 23.7. The van der Waals surface area contributed by atoms with Gasteiger partial charge < -0.3 is 13.9 Å². The van der Waals surface area contributed by atoms with E-state index in [0.29, 0.717) is 51.7 Å². The van der Waals surface area contributed by atoms with E-state index in [0.717, 1.165) is 9.86 Å². The van der Waals surface area contributed by atoms with Crippen molar-refractivity contribution in [1.29, 1.82) is 0 Å². The monoisotopic (exact) mass is 517 g/mol. The fraction of sp³-hybridized carbons (Fsp3) is 0.115. The summed E-state index contributed by atoms with van der Waals surface area (Å²) in [5.74, 6) is 1.83. The molecule has 0 saturated heterocycles. The van der Waals surface area contributed by atoms with Crippen LogP contribution in [0.1, 0.15) is 12.5 Å². The Morgan fingerprint density at radius 1 is 1.12 bits per heavy atom. The van der Waals surface area contributed by atoms with Crippen molar-refractivity contribution in [3.05, 3.63) is 87.1 Å². The predicted molar refractivity (Wildman–Crippen MR) is 136 cm³/mol. The summed E-state index contributed by atoms with van der Waals surface area (Å²) in [6.07, 6.45) is 1.56. The van der Waals surface area contributed by atoms with Crippen molar-refractivity contribution in [2.45, 2.75) is 6.92 Å². The van der Waals surface area contributed by atoms with Gasteiger partial charge in [0, 0.05) is 15.4 Å². The second kappa shape index (κ2) is 9.15. The molecule has 7 nitrogen and oxygen atoms in total. The molecule has 0 unspecified atom stereocenters. The molecule has 0 spiro atoms. The number of ether oxygens (including phenoxy) is 2. The van der Waals surface area contributed by atoms with Gasteiger partial charge in [0.05, 0.1) is 30.8 Å². The van der Waals surface area contributed by atoms with Crippen molar-refractivity contribution >= 4 is 44.0 Å². The number of nitrogens with zero attached hydrogens (tertiary/aromatic N) is 3. The van der Waals surface area contributed by atoms with Gasteiger partial charge in [0.2, 0.25) is 5.82 Å². The lowest BCUT2D eigenvalue weighted by Gasteiger charge is -2.13. The van der Waals surface area contributed by atoms with Crippen molar-refractivity contribution in [1.82, 2.24) is 9.66 Å². The average Bonchev–Trinajstić information content (AvgIpc) is 3.29. The van der Waals surface area contributed by atoms with Crippen molar-refractivity contribution in [2.75, 3.05) is 13.7 Å². The third-order valence-electron chi connectivity index (χ3n) is 5.27. The molecular weight excluding hydrogens is 498 g/mol. The van der Waals surface area contributed by atoms with Crippen LogP contribution in [0.2, 0.25) is 0 Å². The summed E-state index contributed by atoms with van der Waals surface area (Å²) >= 11 is 3.49. The molecule has 0 atom stereocenters. The molecule has 0 radical (unpaired) electrons. The quantitative estimate of drug-likeness (QED) is 0.263. The van der Waals surface area contributed by atoms with E-state index in [2.05, 4.69) is 21.0 Å². The van der Waals surface area contributed by atoms with Crippen LogP contribution in [0.3, 0.4) is 0 Å². The number of hydrogen-bond acceptors (Lipinski definition) is 6. The number of halogens is 1. The summed E-state index contributed by atoms with van der Waals surface area (Å²) in [5, 5.41) is 5.90. The fourth-order valence-corrected chi connectivity index (χ4v) is 4.19. The molecule has 170 valence electrons. The average molecular weight is 518 g/mol. The van der Waals surface area contributed by atoms with Crippen LogP contribution in [0.25, 0.3) is 33.5 Å². The number of aromatic nitrogens is 2. The van der Waals surface area contributed by atoms with Gasteiger partial charge in [-0.25, -0.2) is 4.98 Å². The summed E-state index contributed by atoms with van der Waals surface area (Å²) in [5.41, 5.74) is 1.60. The lowest BCUT2D eigenvalue weighted by molar-refractivity contribution is 0.310. The Morgan fingerprint density at radius 2 is 1.91 bits per heavy atom. The molecule has 0 amide bonds. The van der Waals surface area contributed by atoms with Gasteiger partial charge in [0.15, 0.2) is 17.3 Å². The minimum absolute atomic E-state index is 0.302. The first-order valence-corrected chi connectivity index (χ1v) is 11.4. The molecule has 0 fully saturated rings. The van der Waals surface area contributed by atoms with E-state index in [9.17, 15) is 4.79 Å². The van der Waals surface area contributed by atoms with Crippen molar-refractivity contribution in [3.63, 3.8) is 0 Å². The Labute approximate surface area is 203 Å². The highest BCUT2D eigenvalue weighted by molar-refractivity contribution is 9.10. The topological polar surface area (TPSA) is 78.9 Å². The highest BCUT2D eigenvalue weighted by Crippen LogP contribution is 2.34. The van der Waals surface area contributed by atoms with Gasteiger partial charge in [0.25, 0.3) is 5.56 Å². The van der Waals surface area contributed by atoms with Crippen LogP contribution in [0, 0.1) is 0 Å². The predicted octanol–water partition coefficient (Wildman–Crippen LogP) is 5.86. The van der Waals surface area contributed by atoms with Crippen molar-refractivity contribution in [2.24, 2.45) is 5.10 Å². The molecule has 0 saturated carbocycles. The third kappa shape index (κ3) is 3.97. The minimum atomic E-state index is -0.308. The van der Waals surface area contributed by atoms with Crippen LogP contribution >= 0.6 is 15.9 Å². The molecule has 0 aliphatic rings. The van der Waals surface area contributed by atoms with Crippen LogP contribution in [0.15, 0.2) is 85.5 Å². The van der Waals surface area contributed by atoms with Crippen molar-refractivity contribution < 1.29 is 13.9 Å². The van der Waals surface area contributed by atoms with Gasteiger partial charge in [-0.05, 0) is 43.3 Å². The molecule has 0 aliphatic carbocycles. The van der Waals surface area contributed by atoms with Gasteiger partial charge in [-0.1, -0.05) is 46.3 Å². The number of para-hydroxylation sites is 2. The summed E-state index contributed by atoms with van der Waals surface area (Å²) in [7, 11) is 1.57. The second-order valence-corrected chi connectivity index (χ2v) is 8.34. The Hall–Kier alpha value is -3.91. The number of methoxy groups -OCH3 is 1. The Balaban J connectivity index is 1.73. The number of benzene rings is 3. The Morgan fingerprint density at radius 3 is 2.71 bits per heavy atom. The molecule has 3 aromatic carbocycles. The second-order valence-electron chi connectivity index (χ2n) is 7.42. The normalized spacial score (nSPS) is 11.5. The molecule has 8 heteroatoms. The zero-order valence-electron chi connectivity index (χ0n) is 18.5. The first kappa shape index (κ1) is 21.9. The van der Waals surface area contributed by atoms with Crippen LogP contribution in [0.5, 0.6) is 11.5 Å². The van der Waals surface area contributed by atoms with Crippen molar-refractivity contribution in [3.8, 4) is 23.1 Å². The molecular formula is C26H20BrN3O4. The van der Waals surface area contributed by atoms with Gasteiger partial charge in [-0.3, -0.25) is 4.79 Å². The van der Waals surface area contributed by atoms with Crippen LogP contribution in [0.4, 0.5) is 0 Å². The summed E-state index contributed by atoms with van der Waals surface area (Å²) in [6, 6.07) is 20.3. The zero-order valence-corrected chi connectivity index (χ0v) is 20.1. The van der Waals surface area contributed by atoms with Gasteiger partial charge in [-0.2, -0.15) is 9.78 Å². The number of fused-ring (bicyclic) bond motifs is 2.